The molecule has 3 saturated carbocycles. The van der Waals surface area contributed by atoms with Crippen molar-refractivity contribution < 1.29 is 59.1 Å². The molecule has 4 aliphatic rings. The van der Waals surface area contributed by atoms with Crippen molar-refractivity contribution in [2.75, 3.05) is 0 Å². The van der Waals surface area contributed by atoms with E-state index < -0.39 is 5.97 Å². The molecule has 3 fully saturated rings. The first kappa shape index (κ1) is 23.3. The van der Waals surface area contributed by atoms with E-state index in [1.165, 1.54) is 32.1 Å². The van der Waals surface area contributed by atoms with Gasteiger partial charge in [-0.3, -0.25) is 4.79 Å². The van der Waals surface area contributed by atoms with E-state index in [1.807, 2.05) is 0 Å². The van der Waals surface area contributed by atoms with Gasteiger partial charge in [-0.05, 0) is 98.2 Å². The van der Waals surface area contributed by atoms with Gasteiger partial charge in [0.15, 0.2) is 0 Å². The normalized spacial score (nSPS) is 45.7. The summed E-state index contributed by atoms with van der Waals surface area (Å²) in [7, 11) is 0. The van der Waals surface area contributed by atoms with E-state index >= 15 is 0 Å². The van der Waals surface area contributed by atoms with E-state index in [0.29, 0.717) is 29.1 Å². The number of carboxylic acids is 1. The Labute approximate surface area is 206 Å². The van der Waals surface area contributed by atoms with Crippen molar-refractivity contribution in [3.05, 3.63) is 11.6 Å². The molecule has 155 valence electrons. The molecular formula is C24H38AcO3. The van der Waals surface area contributed by atoms with Gasteiger partial charge in [0.2, 0.25) is 0 Å². The summed E-state index contributed by atoms with van der Waals surface area (Å²) >= 11 is 0. The van der Waals surface area contributed by atoms with Crippen LogP contribution in [0.1, 0.15) is 85.0 Å². The number of aliphatic hydroxyl groups excluding tert-OH is 1. The first-order valence-electron chi connectivity index (χ1n) is 11.3. The van der Waals surface area contributed by atoms with Crippen LogP contribution in [0.15, 0.2) is 11.6 Å². The summed E-state index contributed by atoms with van der Waals surface area (Å²) in [5.74, 6) is 2.94. The maximum absolute atomic E-state index is 11.0. The van der Waals surface area contributed by atoms with E-state index in [0.717, 1.165) is 43.4 Å². The topological polar surface area (TPSA) is 57.5 Å². The Kier molecular flexibility index (Phi) is 7.17. The molecule has 0 aliphatic heterocycles. The molecular weight excluding hydrogens is 563 g/mol. The SMILES string of the molecule is CC(CCC(=O)O)[C@H]1CCC2C3CC=C4CC(O)CC[C@]4(C)C3CC[C@@]21C.[Ac]. The Morgan fingerprint density at radius 1 is 1.18 bits per heavy atom. The monoisotopic (exact) mass is 601 g/mol. The molecule has 28 heavy (non-hydrogen) atoms. The average Bonchev–Trinajstić information content (AvgIpc) is 2.97. The van der Waals surface area contributed by atoms with Gasteiger partial charge in [0.25, 0.3) is 0 Å². The van der Waals surface area contributed by atoms with Crippen molar-refractivity contribution >= 4 is 5.97 Å². The molecule has 4 heteroatoms. The van der Waals surface area contributed by atoms with Crippen molar-refractivity contribution in [1.29, 1.82) is 0 Å². The number of hydrogen-bond donors (Lipinski definition) is 2. The van der Waals surface area contributed by atoms with E-state index in [2.05, 4.69) is 26.8 Å². The van der Waals surface area contributed by atoms with Crippen LogP contribution in [0.5, 0.6) is 0 Å². The van der Waals surface area contributed by atoms with Crippen LogP contribution in [-0.4, -0.2) is 22.3 Å². The molecule has 5 unspecified atom stereocenters. The first-order chi connectivity index (χ1) is 12.8. The second kappa shape index (κ2) is 8.63. The summed E-state index contributed by atoms with van der Waals surface area (Å²) in [6.45, 7) is 7.33. The van der Waals surface area contributed by atoms with E-state index in [1.54, 1.807) is 5.57 Å². The fourth-order valence-electron chi connectivity index (χ4n) is 8.17. The van der Waals surface area contributed by atoms with Crippen LogP contribution in [-0.2, 0) is 4.79 Å². The van der Waals surface area contributed by atoms with Gasteiger partial charge in [0.1, 0.15) is 0 Å². The van der Waals surface area contributed by atoms with E-state index in [-0.39, 0.29) is 50.2 Å². The summed E-state index contributed by atoms with van der Waals surface area (Å²) < 4.78 is 0. The van der Waals surface area contributed by atoms with Crippen LogP contribution in [0.3, 0.4) is 0 Å². The minimum atomic E-state index is -0.650. The smallest absolute Gasteiger partial charge is 0.303 e. The fourth-order valence-corrected chi connectivity index (χ4v) is 8.17. The summed E-state index contributed by atoms with van der Waals surface area (Å²) in [5.41, 5.74) is 2.27. The number of aliphatic carboxylic acids is 1. The predicted octanol–water partition coefficient (Wildman–Crippen LogP) is 5.43. The molecule has 0 spiro atoms. The Hall–Kier alpha value is 0.612. The molecule has 0 amide bonds. The summed E-state index contributed by atoms with van der Waals surface area (Å²) in [5, 5.41) is 19.2. The molecule has 4 rings (SSSR count). The third-order valence-corrected chi connectivity index (χ3v) is 9.65. The molecule has 0 saturated heterocycles. The van der Waals surface area contributed by atoms with Gasteiger partial charge in [0, 0.05) is 50.5 Å². The minimum Gasteiger partial charge on any atom is -0.481 e. The zero-order chi connectivity index (χ0) is 19.4. The number of carboxylic acid groups (broad SMARTS) is 1. The van der Waals surface area contributed by atoms with Crippen LogP contribution in [0.25, 0.3) is 0 Å². The van der Waals surface area contributed by atoms with Crippen molar-refractivity contribution in [1.82, 2.24) is 0 Å². The molecule has 4 aliphatic carbocycles. The zero-order valence-electron chi connectivity index (χ0n) is 18.0. The second-order valence-electron chi connectivity index (χ2n) is 10.8. The van der Waals surface area contributed by atoms with Crippen LogP contribution >= 0.6 is 0 Å². The largest absolute Gasteiger partial charge is 0.481 e. The molecule has 0 aromatic rings. The summed E-state index contributed by atoms with van der Waals surface area (Å²) in [4.78, 5) is 11.0. The van der Waals surface area contributed by atoms with E-state index in [9.17, 15) is 9.90 Å². The zero-order valence-corrected chi connectivity index (χ0v) is 22.7. The number of hydrogen-bond acceptors (Lipinski definition) is 2. The maximum atomic E-state index is 11.0. The minimum absolute atomic E-state index is 0. The molecule has 1 radical (unpaired) electrons. The number of carbonyl (C=O) groups is 1. The maximum Gasteiger partial charge on any atom is 0.303 e. The molecule has 0 aromatic carbocycles. The van der Waals surface area contributed by atoms with Crippen LogP contribution in [0.4, 0.5) is 0 Å². The van der Waals surface area contributed by atoms with Crippen LogP contribution in [0, 0.1) is 84.5 Å². The summed E-state index contributed by atoms with van der Waals surface area (Å²) in [6.07, 6.45) is 13.0. The second-order valence-corrected chi connectivity index (χ2v) is 10.8. The van der Waals surface area contributed by atoms with Gasteiger partial charge in [-0.1, -0.05) is 32.4 Å². The Balaban J connectivity index is 0.00000225. The fraction of sp³-hybridized carbons (Fsp3) is 0.875. The number of aliphatic hydroxyl groups is 1. The quantitative estimate of drug-likeness (QED) is 0.423. The Morgan fingerprint density at radius 3 is 2.64 bits per heavy atom. The molecule has 2 N–H and O–H groups in total. The Bertz CT molecular complexity index is 631. The average molecular weight is 602 g/mol. The van der Waals surface area contributed by atoms with Gasteiger partial charge >= 0.3 is 5.97 Å². The van der Waals surface area contributed by atoms with Gasteiger partial charge < -0.3 is 10.2 Å². The summed E-state index contributed by atoms with van der Waals surface area (Å²) in [6, 6.07) is 0. The molecule has 0 bridgehead atoms. The third kappa shape index (κ3) is 3.82. The predicted molar refractivity (Wildman–Crippen MR) is 107 cm³/mol. The molecule has 0 heterocycles. The first-order valence-corrected chi connectivity index (χ1v) is 11.3. The Morgan fingerprint density at radius 2 is 1.93 bits per heavy atom. The third-order valence-electron chi connectivity index (χ3n) is 9.65. The number of rotatable bonds is 4. The van der Waals surface area contributed by atoms with Crippen LogP contribution in [0.2, 0.25) is 0 Å². The standard InChI is InChI=1S/C24H38O3.Ac/c1-15(4-9-22(26)27)19-7-8-20-18-6-5-16-14-17(25)10-12-23(16,2)21(18)11-13-24(19,20)3;/h5,15,17-21,25H,4,6-14H2,1-3H3,(H,26,27);/t15?,17?,18?,19-,20?,21?,23+,24-;/m1./s1. The van der Waals surface area contributed by atoms with Gasteiger partial charge in [-0.15, -0.1) is 0 Å². The van der Waals surface area contributed by atoms with Gasteiger partial charge in [-0.2, -0.15) is 0 Å². The van der Waals surface area contributed by atoms with Gasteiger partial charge in [-0.25, -0.2) is 0 Å². The van der Waals surface area contributed by atoms with Gasteiger partial charge in [0.05, 0.1) is 6.10 Å². The van der Waals surface area contributed by atoms with Crippen LogP contribution < -0.4 is 0 Å². The van der Waals surface area contributed by atoms with Crippen molar-refractivity contribution in [3.8, 4) is 0 Å². The number of allylic oxidation sites excluding steroid dienone is 1. The van der Waals surface area contributed by atoms with Crippen molar-refractivity contribution in [3.63, 3.8) is 0 Å². The molecule has 3 nitrogen and oxygen atoms in total. The molecule has 8 atom stereocenters. The van der Waals surface area contributed by atoms with Crippen molar-refractivity contribution in [2.45, 2.75) is 91.1 Å². The van der Waals surface area contributed by atoms with Crippen molar-refractivity contribution in [2.24, 2.45) is 40.4 Å². The van der Waals surface area contributed by atoms with E-state index in [4.69, 9.17) is 5.11 Å². The number of fused-ring (bicyclic) bond motifs is 5. The molecule has 0 aromatic heterocycles.